The predicted molar refractivity (Wildman–Crippen MR) is 123 cm³/mol. The van der Waals surface area contributed by atoms with Crippen molar-refractivity contribution in [1.82, 2.24) is 9.78 Å². The summed E-state index contributed by atoms with van der Waals surface area (Å²) in [5.41, 5.74) is 1.85. The first kappa shape index (κ1) is 22.5. The van der Waals surface area contributed by atoms with Gasteiger partial charge in [-0.3, -0.25) is 4.79 Å². The molecular weight excluding hydrogens is 386 g/mol. The maximum absolute atomic E-state index is 12.4. The van der Waals surface area contributed by atoms with Crippen LogP contribution in [0.4, 0.5) is 0 Å². The third-order valence-corrected chi connectivity index (χ3v) is 4.99. The number of benzene rings is 2. The molecule has 0 aliphatic rings. The molecule has 1 aromatic heterocycles. The smallest absolute Gasteiger partial charge is 0.250 e. The van der Waals surface area contributed by atoms with Gasteiger partial charge in [0.2, 0.25) is 5.88 Å². The van der Waals surface area contributed by atoms with E-state index in [9.17, 15) is 4.79 Å². The largest absolute Gasteiger partial charge is 0.478 e. The fraction of sp³-hybridized carbons (Fsp3) is 0.346. The summed E-state index contributed by atoms with van der Waals surface area (Å²) in [6.07, 6.45) is 9.07. The number of unbranched alkanes of at least 4 members (excludes halogenated alkanes) is 5. The van der Waals surface area contributed by atoms with Gasteiger partial charge in [-0.15, -0.1) is 0 Å². The lowest BCUT2D eigenvalue weighted by Crippen LogP contribution is -2.16. The van der Waals surface area contributed by atoms with Crippen molar-refractivity contribution in [1.29, 1.82) is 0 Å². The maximum Gasteiger partial charge on any atom is 0.250 e. The number of hydrogen-bond donors (Lipinski definition) is 0. The number of carbonyl (C=O) groups is 1. The van der Waals surface area contributed by atoms with E-state index in [-0.39, 0.29) is 12.3 Å². The van der Waals surface area contributed by atoms with E-state index < -0.39 is 0 Å². The summed E-state index contributed by atoms with van der Waals surface area (Å²) in [4.78, 5) is 16.6. The van der Waals surface area contributed by atoms with Crippen LogP contribution in [0.1, 0.15) is 51.0 Å². The number of para-hydroxylation sites is 1. The number of ether oxygens (including phenoxy) is 1. The van der Waals surface area contributed by atoms with Gasteiger partial charge in [0.25, 0.3) is 5.91 Å². The molecule has 31 heavy (non-hydrogen) atoms. The summed E-state index contributed by atoms with van der Waals surface area (Å²) < 4.78 is 7.82. The highest BCUT2D eigenvalue weighted by Crippen LogP contribution is 2.15. The Kier molecular flexibility index (Phi) is 9.05. The second kappa shape index (κ2) is 12.5. The molecule has 0 radical (unpaired) electrons. The molecule has 0 spiro atoms. The number of carbonyl (C=O) groups excluding carboxylic acids is 1. The Labute approximate surface area is 184 Å². The third-order valence-electron chi connectivity index (χ3n) is 4.99. The monoisotopic (exact) mass is 417 g/mol. The fourth-order valence-corrected chi connectivity index (χ4v) is 3.34. The normalized spacial score (nSPS) is 11.5. The van der Waals surface area contributed by atoms with Gasteiger partial charge in [0, 0.05) is 6.07 Å². The Morgan fingerprint density at radius 1 is 0.935 bits per heavy atom. The highest BCUT2D eigenvalue weighted by Gasteiger charge is 2.07. The summed E-state index contributed by atoms with van der Waals surface area (Å²) >= 11 is 0. The van der Waals surface area contributed by atoms with E-state index in [0.29, 0.717) is 17.8 Å². The minimum Gasteiger partial charge on any atom is -0.478 e. The van der Waals surface area contributed by atoms with E-state index >= 15 is 0 Å². The summed E-state index contributed by atoms with van der Waals surface area (Å²) in [5, 5.41) is 5.00. The molecule has 0 unspecified atom stereocenters. The van der Waals surface area contributed by atoms with Crippen molar-refractivity contribution in [2.75, 3.05) is 6.61 Å². The van der Waals surface area contributed by atoms with Crippen molar-refractivity contribution < 1.29 is 9.53 Å². The Balaban J connectivity index is 1.72. The van der Waals surface area contributed by atoms with Crippen molar-refractivity contribution in [3.8, 4) is 11.6 Å². The molecule has 3 aromatic rings. The first-order valence-corrected chi connectivity index (χ1v) is 11.2. The molecule has 0 bridgehead atoms. The molecule has 0 aliphatic heterocycles. The molecule has 1 amide bonds. The van der Waals surface area contributed by atoms with Crippen LogP contribution in [-0.2, 0) is 11.2 Å². The van der Waals surface area contributed by atoms with Gasteiger partial charge in [0.1, 0.15) is 0 Å². The number of nitrogens with zero attached hydrogens (tertiary/aromatic N) is 3. The zero-order valence-electron chi connectivity index (χ0n) is 18.2. The Morgan fingerprint density at radius 2 is 1.61 bits per heavy atom. The third kappa shape index (κ3) is 7.52. The van der Waals surface area contributed by atoms with Crippen LogP contribution in [-0.4, -0.2) is 22.3 Å². The van der Waals surface area contributed by atoms with Crippen molar-refractivity contribution in [3.63, 3.8) is 0 Å². The minimum atomic E-state index is -0.202. The van der Waals surface area contributed by atoms with Gasteiger partial charge in [-0.1, -0.05) is 87.6 Å². The molecule has 0 saturated carbocycles. The van der Waals surface area contributed by atoms with Gasteiger partial charge in [0.05, 0.1) is 30.3 Å². The van der Waals surface area contributed by atoms with E-state index in [1.54, 1.807) is 16.9 Å². The second-order valence-electron chi connectivity index (χ2n) is 7.58. The van der Waals surface area contributed by atoms with Gasteiger partial charge in [-0.25, -0.2) is 9.67 Å². The molecule has 0 N–H and O–H groups in total. The lowest BCUT2D eigenvalue weighted by Gasteiger charge is -2.13. The van der Waals surface area contributed by atoms with Crippen LogP contribution in [0.3, 0.4) is 0 Å². The van der Waals surface area contributed by atoms with Crippen molar-refractivity contribution in [3.05, 3.63) is 83.8 Å². The van der Waals surface area contributed by atoms with Crippen LogP contribution < -0.4 is 10.1 Å². The molecular formula is C26H31N3O2. The maximum atomic E-state index is 12.4. The quantitative estimate of drug-likeness (QED) is 0.399. The van der Waals surface area contributed by atoms with E-state index in [4.69, 9.17) is 4.74 Å². The van der Waals surface area contributed by atoms with Crippen LogP contribution in [0, 0.1) is 0 Å². The summed E-state index contributed by atoms with van der Waals surface area (Å²) in [5.74, 6) is 0.390. The van der Waals surface area contributed by atoms with Crippen LogP contribution in [0.2, 0.25) is 0 Å². The molecule has 0 fully saturated rings. The van der Waals surface area contributed by atoms with Gasteiger partial charge < -0.3 is 4.74 Å². The number of rotatable bonds is 11. The number of amides is 1. The molecule has 0 aliphatic carbocycles. The van der Waals surface area contributed by atoms with Gasteiger partial charge in [-0.2, -0.15) is 5.10 Å². The van der Waals surface area contributed by atoms with Crippen molar-refractivity contribution in [2.45, 2.75) is 51.9 Å². The highest BCUT2D eigenvalue weighted by atomic mass is 16.5. The van der Waals surface area contributed by atoms with Gasteiger partial charge >= 0.3 is 0 Å². The second-order valence-corrected chi connectivity index (χ2v) is 7.58. The summed E-state index contributed by atoms with van der Waals surface area (Å²) in [6.45, 7) is 2.84. The fourth-order valence-electron chi connectivity index (χ4n) is 3.34. The minimum absolute atomic E-state index is 0.202. The van der Waals surface area contributed by atoms with Crippen LogP contribution >= 0.6 is 0 Å². The molecule has 0 atom stereocenters. The molecule has 3 rings (SSSR count). The highest BCUT2D eigenvalue weighted by molar-refractivity contribution is 5.79. The first-order chi connectivity index (χ1) is 15.3. The Bertz CT molecular complexity index is 998. The Hall–Kier alpha value is -3.21. The lowest BCUT2D eigenvalue weighted by atomic mass is 10.1. The average Bonchev–Trinajstić information content (AvgIpc) is 2.80. The van der Waals surface area contributed by atoms with E-state index in [1.807, 2.05) is 60.7 Å². The van der Waals surface area contributed by atoms with Gasteiger partial charge in [0.15, 0.2) is 0 Å². The van der Waals surface area contributed by atoms with E-state index in [0.717, 1.165) is 24.1 Å². The molecule has 5 heteroatoms. The molecule has 1 heterocycles. The van der Waals surface area contributed by atoms with E-state index in [1.165, 1.54) is 25.7 Å². The first-order valence-electron chi connectivity index (χ1n) is 11.2. The number of hydrogen-bond acceptors (Lipinski definition) is 3. The standard InChI is InChI=1S/C26H31N3O2/c1-2-3-4-5-6-13-18-31-26-20-23(21-27-29(26)24-16-11-8-12-17-24)28-25(30)19-22-14-9-7-10-15-22/h7-12,14-17,20-21H,2-6,13,18-19H2,1H3/b28-23-. The zero-order valence-corrected chi connectivity index (χ0v) is 18.2. The van der Waals surface area contributed by atoms with Crippen LogP contribution in [0.5, 0.6) is 5.88 Å². The molecule has 0 saturated heterocycles. The van der Waals surface area contributed by atoms with E-state index in [2.05, 4.69) is 17.0 Å². The molecule has 5 nitrogen and oxygen atoms in total. The SMILES string of the molecule is CCCCCCCCOc1c/c(=N/C(=O)Cc2ccccc2)cnn1-c1ccccc1. The number of aromatic nitrogens is 2. The molecule has 2 aromatic carbocycles. The molecule has 162 valence electrons. The summed E-state index contributed by atoms with van der Waals surface area (Å²) in [6, 6.07) is 21.3. The Morgan fingerprint density at radius 3 is 2.35 bits per heavy atom. The topological polar surface area (TPSA) is 56.5 Å². The predicted octanol–water partition coefficient (Wildman–Crippen LogP) is 5.28. The van der Waals surface area contributed by atoms with Gasteiger partial charge in [-0.05, 0) is 24.1 Å². The summed E-state index contributed by atoms with van der Waals surface area (Å²) in [7, 11) is 0. The van der Waals surface area contributed by atoms with Crippen LogP contribution in [0.15, 0.2) is 77.9 Å². The van der Waals surface area contributed by atoms with Crippen LogP contribution in [0.25, 0.3) is 5.69 Å². The van der Waals surface area contributed by atoms with Crippen molar-refractivity contribution in [2.24, 2.45) is 4.99 Å². The zero-order chi connectivity index (χ0) is 21.7. The lowest BCUT2D eigenvalue weighted by molar-refractivity contribution is -0.117. The van der Waals surface area contributed by atoms with Crippen molar-refractivity contribution >= 4 is 5.91 Å². The average molecular weight is 418 g/mol.